The molecular formula is C24H26N4O5S2. The average molecular weight is 515 g/mol. The largest absolute Gasteiger partial charge is 0.373 e. The van der Waals surface area contributed by atoms with Crippen molar-refractivity contribution in [2.75, 3.05) is 23.7 Å². The van der Waals surface area contributed by atoms with Gasteiger partial charge in [-0.15, -0.1) is 11.3 Å². The number of ether oxygens (including phenoxy) is 1. The first-order valence-electron chi connectivity index (χ1n) is 11.0. The lowest BCUT2D eigenvalue weighted by molar-refractivity contribution is -0.114. The molecule has 0 saturated carbocycles. The second-order valence-electron chi connectivity index (χ2n) is 8.36. The highest BCUT2D eigenvalue weighted by molar-refractivity contribution is 7.89. The Balaban J connectivity index is 1.47. The summed E-state index contributed by atoms with van der Waals surface area (Å²) >= 11 is 1.26. The minimum absolute atomic E-state index is 0.0607. The summed E-state index contributed by atoms with van der Waals surface area (Å²) in [6.07, 6.45) is -0.415. The number of thiazole rings is 1. The van der Waals surface area contributed by atoms with Crippen LogP contribution in [0.25, 0.3) is 11.3 Å². The number of aromatic nitrogens is 1. The molecule has 0 bridgehead atoms. The third-order valence-electron chi connectivity index (χ3n) is 5.35. The molecule has 184 valence electrons. The van der Waals surface area contributed by atoms with Gasteiger partial charge in [-0.3, -0.25) is 14.9 Å². The molecule has 2 amide bonds. The van der Waals surface area contributed by atoms with Crippen LogP contribution in [0, 0.1) is 0 Å². The van der Waals surface area contributed by atoms with Gasteiger partial charge in [0.05, 0.1) is 22.8 Å². The fourth-order valence-electron chi connectivity index (χ4n) is 3.83. The lowest BCUT2D eigenvalue weighted by atomic mass is 10.1. The van der Waals surface area contributed by atoms with E-state index in [2.05, 4.69) is 15.6 Å². The number of morpholine rings is 1. The van der Waals surface area contributed by atoms with Crippen molar-refractivity contribution in [1.29, 1.82) is 0 Å². The lowest BCUT2D eigenvalue weighted by Crippen LogP contribution is -2.48. The number of benzene rings is 2. The third-order valence-corrected chi connectivity index (χ3v) is 7.93. The summed E-state index contributed by atoms with van der Waals surface area (Å²) < 4.78 is 33.4. The van der Waals surface area contributed by atoms with E-state index in [-0.39, 0.29) is 41.7 Å². The minimum atomic E-state index is -3.77. The highest BCUT2D eigenvalue weighted by Gasteiger charge is 2.32. The van der Waals surface area contributed by atoms with Gasteiger partial charge < -0.3 is 10.1 Å². The standard InChI is InChI=1S/C24H26N4O5S2/c1-15-12-28(13-16(2)33-15)35(31,32)21-6-4-5-19(11-21)23(30)27-24-26-22(14-34-24)18-7-9-20(10-8-18)25-17(3)29/h4-11,14-16H,12-13H2,1-3H3,(H,25,29)(H,26,27,30)/t15-,16-/m1/s1. The molecule has 0 radical (unpaired) electrons. The van der Waals surface area contributed by atoms with Crippen molar-refractivity contribution < 1.29 is 22.7 Å². The zero-order valence-electron chi connectivity index (χ0n) is 19.5. The monoisotopic (exact) mass is 514 g/mol. The fourth-order valence-corrected chi connectivity index (χ4v) is 6.19. The van der Waals surface area contributed by atoms with E-state index in [4.69, 9.17) is 4.74 Å². The van der Waals surface area contributed by atoms with Crippen LogP contribution in [0.15, 0.2) is 58.8 Å². The summed E-state index contributed by atoms with van der Waals surface area (Å²) in [5.74, 6) is -0.602. The molecule has 1 aliphatic heterocycles. The van der Waals surface area contributed by atoms with Gasteiger partial charge >= 0.3 is 0 Å². The fraction of sp³-hybridized carbons (Fsp3) is 0.292. The van der Waals surface area contributed by atoms with Gasteiger partial charge in [0.25, 0.3) is 5.91 Å². The van der Waals surface area contributed by atoms with Gasteiger partial charge in [-0.2, -0.15) is 4.31 Å². The molecule has 2 atom stereocenters. The predicted octanol–water partition coefficient (Wildman–Crippen LogP) is 3.82. The molecule has 11 heteroatoms. The summed E-state index contributed by atoms with van der Waals surface area (Å²) in [7, 11) is -3.77. The van der Waals surface area contributed by atoms with Crippen molar-refractivity contribution in [3.05, 3.63) is 59.5 Å². The molecule has 2 aromatic carbocycles. The van der Waals surface area contributed by atoms with E-state index < -0.39 is 15.9 Å². The number of sulfonamides is 1. The zero-order chi connectivity index (χ0) is 25.2. The van der Waals surface area contributed by atoms with Crippen LogP contribution >= 0.6 is 11.3 Å². The van der Waals surface area contributed by atoms with Crippen LogP contribution in [0.1, 0.15) is 31.1 Å². The molecule has 0 aliphatic carbocycles. The normalized spacial score (nSPS) is 18.7. The molecule has 0 unspecified atom stereocenters. The number of carbonyl (C=O) groups is 2. The quantitative estimate of drug-likeness (QED) is 0.516. The van der Waals surface area contributed by atoms with E-state index in [9.17, 15) is 18.0 Å². The summed E-state index contributed by atoms with van der Waals surface area (Å²) in [5.41, 5.74) is 2.40. The molecule has 1 aromatic heterocycles. The first-order valence-corrected chi connectivity index (χ1v) is 13.3. The Morgan fingerprint density at radius 1 is 1.06 bits per heavy atom. The second kappa shape index (κ2) is 10.2. The highest BCUT2D eigenvalue weighted by atomic mass is 32.2. The number of hydrogen-bond donors (Lipinski definition) is 2. The Morgan fingerprint density at radius 3 is 2.40 bits per heavy atom. The number of rotatable bonds is 6. The van der Waals surface area contributed by atoms with Gasteiger partial charge in [-0.05, 0) is 44.2 Å². The van der Waals surface area contributed by atoms with Crippen LogP contribution < -0.4 is 10.6 Å². The molecule has 35 heavy (non-hydrogen) atoms. The Bertz CT molecular complexity index is 1330. The van der Waals surface area contributed by atoms with Gasteiger partial charge in [-0.25, -0.2) is 13.4 Å². The van der Waals surface area contributed by atoms with Crippen LogP contribution in [0.2, 0.25) is 0 Å². The van der Waals surface area contributed by atoms with E-state index >= 15 is 0 Å². The Kier molecular flexibility index (Phi) is 7.31. The molecule has 4 rings (SSSR count). The second-order valence-corrected chi connectivity index (χ2v) is 11.2. The first kappa shape index (κ1) is 25.0. The topological polar surface area (TPSA) is 118 Å². The van der Waals surface area contributed by atoms with E-state index in [1.54, 1.807) is 24.3 Å². The van der Waals surface area contributed by atoms with E-state index in [0.717, 1.165) is 5.56 Å². The minimum Gasteiger partial charge on any atom is -0.373 e. The Morgan fingerprint density at radius 2 is 1.74 bits per heavy atom. The molecule has 1 saturated heterocycles. The lowest BCUT2D eigenvalue weighted by Gasteiger charge is -2.34. The molecule has 9 nitrogen and oxygen atoms in total. The van der Waals surface area contributed by atoms with Gasteiger partial charge in [0, 0.05) is 42.2 Å². The number of amides is 2. The van der Waals surface area contributed by atoms with Crippen molar-refractivity contribution in [2.45, 2.75) is 37.9 Å². The van der Waals surface area contributed by atoms with Crippen molar-refractivity contribution in [2.24, 2.45) is 0 Å². The summed E-state index contributed by atoms with van der Waals surface area (Å²) in [4.78, 5) is 28.5. The van der Waals surface area contributed by atoms with Crippen molar-refractivity contribution in [3.63, 3.8) is 0 Å². The van der Waals surface area contributed by atoms with Gasteiger partial charge in [-0.1, -0.05) is 18.2 Å². The van der Waals surface area contributed by atoms with Crippen LogP contribution in [0.3, 0.4) is 0 Å². The SMILES string of the molecule is CC(=O)Nc1ccc(-c2csc(NC(=O)c3cccc(S(=O)(=O)N4C[C@@H](C)O[C@H](C)C4)c3)n2)cc1. The molecule has 1 fully saturated rings. The van der Waals surface area contributed by atoms with Crippen molar-refractivity contribution in [1.82, 2.24) is 9.29 Å². The summed E-state index contributed by atoms with van der Waals surface area (Å²) in [6, 6.07) is 13.2. The predicted molar refractivity (Wildman–Crippen MR) is 135 cm³/mol. The smallest absolute Gasteiger partial charge is 0.257 e. The molecule has 1 aliphatic rings. The number of carbonyl (C=O) groups excluding carboxylic acids is 2. The highest BCUT2D eigenvalue weighted by Crippen LogP contribution is 2.27. The number of nitrogens with one attached hydrogen (secondary N) is 2. The number of nitrogens with zero attached hydrogens (tertiary/aromatic N) is 2. The van der Waals surface area contributed by atoms with Crippen LogP contribution in [0.5, 0.6) is 0 Å². The maximum absolute atomic E-state index is 13.2. The van der Waals surface area contributed by atoms with Crippen LogP contribution in [-0.2, 0) is 19.6 Å². The summed E-state index contributed by atoms with van der Waals surface area (Å²) in [6.45, 7) is 5.63. The van der Waals surface area contributed by atoms with Crippen LogP contribution in [0.4, 0.5) is 10.8 Å². The molecule has 3 aromatic rings. The van der Waals surface area contributed by atoms with E-state index in [1.807, 2.05) is 31.4 Å². The van der Waals surface area contributed by atoms with Gasteiger partial charge in [0.2, 0.25) is 15.9 Å². The average Bonchev–Trinajstić information content (AvgIpc) is 3.27. The van der Waals surface area contributed by atoms with E-state index in [1.165, 1.54) is 34.7 Å². The zero-order valence-corrected chi connectivity index (χ0v) is 21.2. The van der Waals surface area contributed by atoms with E-state index in [0.29, 0.717) is 16.5 Å². The van der Waals surface area contributed by atoms with Crippen molar-refractivity contribution >= 4 is 44.0 Å². The van der Waals surface area contributed by atoms with Crippen molar-refractivity contribution in [3.8, 4) is 11.3 Å². The Hall–Kier alpha value is -3.12. The number of anilines is 2. The molecular weight excluding hydrogens is 488 g/mol. The Labute approximate surface area is 208 Å². The van der Waals surface area contributed by atoms with Gasteiger partial charge in [0.15, 0.2) is 5.13 Å². The maximum Gasteiger partial charge on any atom is 0.257 e. The number of hydrogen-bond acceptors (Lipinski definition) is 7. The maximum atomic E-state index is 13.2. The van der Waals surface area contributed by atoms with Crippen LogP contribution in [-0.4, -0.2) is 54.8 Å². The first-order chi connectivity index (χ1) is 16.6. The summed E-state index contributed by atoms with van der Waals surface area (Å²) in [5, 5.41) is 7.65. The molecule has 2 N–H and O–H groups in total. The third kappa shape index (κ3) is 5.93. The van der Waals surface area contributed by atoms with Gasteiger partial charge in [0.1, 0.15) is 0 Å². The molecule has 2 heterocycles. The molecule has 0 spiro atoms.